The smallest absolute Gasteiger partial charge is 0.168 e. The third kappa shape index (κ3) is 2.01. The molecule has 2 N–H and O–H groups in total. The fraction of sp³-hybridized carbons (Fsp3) is 0.267. The number of aromatic nitrogens is 4. The van der Waals surface area contributed by atoms with Crippen molar-refractivity contribution in [2.45, 2.75) is 12.5 Å². The van der Waals surface area contributed by atoms with Crippen molar-refractivity contribution in [2.24, 2.45) is 5.73 Å². The van der Waals surface area contributed by atoms with Crippen LogP contribution in [0.2, 0.25) is 0 Å². The lowest BCUT2D eigenvalue weighted by Gasteiger charge is -2.17. The Morgan fingerprint density at radius 3 is 2.86 bits per heavy atom. The van der Waals surface area contributed by atoms with Crippen molar-refractivity contribution in [2.75, 3.05) is 18.0 Å². The van der Waals surface area contributed by atoms with Gasteiger partial charge in [-0.05, 0) is 18.6 Å². The van der Waals surface area contributed by atoms with Crippen molar-refractivity contribution in [3.05, 3.63) is 42.6 Å². The highest BCUT2D eigenvalue weighted by atomic mass is 19.1. The van der Waals surface area contributed by atoms with Crippen LogP contribution in [0.1, 0.15) is 6.42 Å². The van der Waals surface area contributed by atoms with Gasteiger partial charge in [-0.25, -0.2) is 19.0 Å². The number of nitrogens with zero attached hydrogens (tertiary/aromatic N) is 5. The van der Waals surface area contributed by atoms with Gasteiger partial charge in [-0.15, -0.1) is 0 Å². The Hall–Kier alpha value is -2.54. The van der Waals surface area contributed by atoms with Gasteiger partial charge in [0.25, 0.3) is 0 Å². The van der Waals surface area contributed by atoms with Crippen LogP contribution in [0, 0.1) is 5.82 Å². The number of rotatable bonds is 2. The second-order valence-corrected chi connectivity index (χ2v) is 5.44. The molecular formula is C15H15FN6. The summed E-state index contributed by atoms with van der Waals surface area (Å²) < 4.78 is 15.5. The van der Waals surface area contributed by atoms with Gasteiger partial charge < -0.3 is 10.6 Å². The van der Waals surface area contributed by atoms with E-state index in [1.165, 1.54) is 17.1 Å². The Labute approximate surface area is 126 Å². The van der Waals surface area contributed by atoms with Crippen LogP contribution in [0.25, 0.3) is 16.7 Å². The van der Waals surface area contributed by atoms with Crippen LogP contribution in [0.4, 0.5) is 10.2 Å². The highest BCUT2D eigenvalue weighted by molar-refractivity contribution is 5.87. The Balaban J connectivity index is 1.85. The minimum absolute atomic E-state index is 0.159. The van der Waals surface area contributed by atoms with Crippen molar-refractivity contribution in [3.8, 4) is 5.69 Å². The number of fused-ring (bicyclic) bond motifs is 1. The Morgan fingerprint density at radius 2 is 2.09 bits per heavy atom. The average Bonchev–Trinajstić information content (AvgIpc) is 3.14. The number of anilines is 1. The molecule has 3 aromatic rings. The molecule has 0 saturated carbocycles. The number of nitrogens with two attached hydrogens (primary N) is 1. The van der Waals surface area contributed by atoms with E-state index in [4.69, 9.17) is 5.73 Å². The number of hydrogen-bond acceptors (Lipinski definition) is 5. The molecule has 1 aliphatic heterocycles. The Kier molecular flexibility index (Phi) is 3.00. The molecule has 0 spiro atoms. The summed E-state index contributed by atoms with van der Waals surface area (Å²) in [5.41, 5.74) is 6.94. The minimum Gasteiger partial charge on any atom is -0.354 e. The summed E-state index contributed by atoms with van der Waals surface area (Å²) >= 11 is 0. The fourth-order valence-corrected chi connectivity index (χ4v) is 2.86. The predicted molar refractivity (Wildman–Crippen MR) is 81.4 cm³/mol. The van der Waals surface area contributed by atoms with E-state index in [2.05, 4.69) is 20.0 Å². The molecule has 7 heteroatoms. The third-order valence-corrected chi connectivity index (χ3v) is 3.95. The van der Waals surface area contributed by atoms with Gasteiger partial charge in [-0.2, -0.15) is 5.10 Å². The lowest BCUT2D eigenvalue weighted by molar-refractivity contribution is 0.612. The molecule has 112 valence electrons. The topological polar surface area (TPSA) is 72.9 Å². The van der Waals surface area contributed by atoms with E-state index in [-0.39, 0.29) is 11.9 Å². The maximum Gasteiger partial charge on any atom is 0.168 e. The molecule has 1 fully saturated rings. The molecule has 1 saturated heterocycles. The second-order valence-electron chi connectivity index (χ2n) is 5.44. The molecule has 1 aliphatic rings. The first-order valence-corrected chi connectivity index (χ1v) is 7.18. The van der Waals surface area contributed by atoms with E-state index >= 15 is 0 Å². The zero-order valence-electron chi connectivity index (χ0n) is 11.9. The molecule has 0 aliphatic carbocycles. The molecule has 6 nitrogen and oxygen atoms in total. The molecule has 22 heavy (non-hydrogen) atoms. The lowest BCUT2D eigenvalue weighted by atomic mass is 10.3. The molecule has 1 atom stereocenters. The van der Waals surface area contributed by atoms with Gasteiger partial charge in [-0.3, -0.25) is 0 Å². The van der Waals surface area contributed by atoms with Crippen molar-refractivity contribution in [1.82, 2.24) is 19.7 Å². The first kappa shape index (κ1) is 13.1. The Bertz CT molecular complexity index is 830. The zero-order chi connectivity index (χ0) is 15.1. The summed E-state index contributed by atoms with van der Waals surface area (Å²) in [4.78, 5) is 10.8. The molecule has 4 rings (SSSR count). The van der Waals surface area contributed by atoms with Crippen LogP contribution in [0.5, 0.6) is 0 Å². The molecule has 0 radical (unpaired) electrons. The van der Waals surface area contributed by atoms with Gasteiger partial charge >= 0.3 is 0 Å². The fourth-order valence-electron chi connectivity index (χ4n) is 2.86. The predicted octanol–water partition coefficient (Wildman–Crippen LogP) is 1.49. The Morgan fingerprint density at radius 1 is 1.23 bits per heavy atom. The molecule has 2 aromatic heterocycles. The van der Waals surface area contributed by atoms with Crippen LogP contribution in [0.15, 0.2) is 36.8 Å². The van der Waals surface area contributed by atoms with Crippen molar-refractivity contribution in [1.29, 1.82) is 0 Å². The zero-order valence-corrected chi connectivity index (χ0v) is 11.9. The van der Waals surface area contributed by atoms with Gasteiger partial charge in [0.15, 0.2) is 5.65 Å². The molecule has 3 heterocycles. The average molecular weight is 298 g/mol. The van der Waals surface area contributed by atoms with Crippen molar-refractivity contribution < 1.29 is 4.39 Å². The molecule has 1 aromatic carbocycles. The van der Waals surface area contributed by atoms with Crippen LogP contribution < -0.4 is 10.6 Å². The van der Waals surface area contributed by atoms with Crippen LogP contribution in [-0.4, -0.2) is 38.9 Å². The maximum absolute atomic E-state index is 14.0. The van der Waals surface area contributed by atoms with Gasteiger partial charge in [0, 0.05) is 19.1 Å². The monoisotopic (exact) mass is 298 g/mol. The van der Waals surface area contributed by atoms with Crippen LogP contribution >= 0.6 is 0 Å². The quantitative estimate of drug-likeness (QED) is 0.776. The highest BCUT2D eigenvalue weighted by Crippen LogP contribution is 2.27. The molecule has 1 unspecified atom stereocenters. The standard InChI is InChI=1S/C15H15FN6/c16-12-3-1-2-4-13(12)22-15-11(7-20-22)14(18-9-19-15)21-6-5-10(17)8-21/h1-4,7,9-10H,5-6,8,17H2. The van der Waals surface area contributed by atoms with Crippen LogP contribution in [0.3, 0.4) is 0 Å². The van der Waals surface area contributed by atoms with Crippen molar-refractivity contribution >= 4 is 16.9 Å². The molecular weight excluding hydrogens is 283 g/mol. The van der Waals surface area contributed by atoms with Gasteiger partial charge in [0.2, 0.25) is 0 Å². The van der Waals surface area contributed by atoms with Gasteiger partial charge in [-0.1, -0.05) is 12.1 Å². The summed E-state index contributed by atoms with van der Waals surface area (Å²) in [7, 11) is 0. The molecule has 0 amide bonds. The largest absolute Gasteiger partial charge is 0.354 e. The summed E-state index contributed by atoms with van der Waals surface area (Å²) in [6.07, 6.45) is 4.11. The number of halogens is 1. The summed E-state index contributed by atoms with van der Waals surface area (Å²) in [6.45, 7) is 1.62. The van der Waals surface area contributed by atoms with Gasteiger partial charge in [0.1, 0.15) is 23.6 Å². The van der Waals surface area contributed by atoms with E-state index in [0.29, 0.717) is 11.3 Å². The summed E-state index contributed by atoms with van der Waals surface area (Å²) in [5, 5.41) is 5.10. The SMILES string of the molecule is NC1CCN(c2ncnc3c2cnn3-c2ccccc2F)C1. The number of benzene rings is 1. The lowest BCUT2D eigenvalue weighted by Crippen LogP contribution is -2.27. The summed E-state index contributed by atoms with van der Waals surface area (Å²) in [6, 6.07) is 6.66. The molecule has 0 bridgehead atoms. The summed E-state index contributed by atoms with van der Waals surface area (Å²) in [5.74, 6) is 0.469. The highest BCUT2D eigenvalue weighted by Gasteiger charge is 2.23. The van der Waals surface area contributed by atoms with Crippen molar-refractivity contribution in [3.63, 3.8) is 0 Å². The third-order valence-electron chi connectivity index (χ3n) is 3.95. The van der Waals surface area contributed by atoms with E-state index in [0.717, 1.165) is 30.7 Å². The maximum atomic E-state index is 14.0. The van der Waals surface area contributed by atoms with Crippen LogP contribution in [-0.2, 0) is 0 Å². The minimum atomic E-state index is -0.337. The number of hydrogen-bond donors (Lipinski definition) is 1. The number of para-hydroxylation sites is 1. The van der Waals surface area contributed by atoms with E-state index in [9.17, 15) is 4.39 Å². The van der Waals surface area contributed by atoms with E-state index in [1.54, 1.807) is 24.4 Å². The second kappa shape index (κ2) is 5.03. The first-order chi connectivity index (χ1) is 10.7. The first-order valence-electron chi connectivity index (χ1n) is 7.18. The normalized spacial score (nSPS) is 18.3. The van der Waals surface area contributed by atoms with E-state index in [1.807, 2.05) is 0 Å². The van der Waals surface area contributed by atoms with Gasteiger partial charge in [0.05, 0.1) is 11.6 Å². The van der Waals surface area contributed by atoms with E-state index < -0.39 is 0 Å².